The number of carbonyl (C=O) groups is 2. The molecular weight excluding hydrogens is 356 g/mol. The maximum absolute atomic E-state index is 12.7. The summed E-state index contributed by atoms with van der Waals surface area (Å²) >= 11 is 0. The third-order valence-electron chi connectivity index (χ3n) is 5.29. The lowest BCUT2D eigenvalue weighted by molar-refractivity contribution is -0.132. The molecule has 1 fully saturated rings. The fourth-order valence-corrected chi connectivity index (χ4v) is 3.83. The second kappa shape index (κ2) is 7.80. The largest absolute Gasteiger partial charge is 0.342 e. The van der Waals surface area contributed by atoms with Crippen LogP contribution < -0.4 is 5.69 Å². The Labute approximate surface area is 162 Å². The van der Waals surface area contributed by atoms with Crippen LogP contribution in [0.5, 0.6) is 0 Å². The number of nitrogens with zero attached hydrogens (tertiary/aromatic N) is 3. The van der Waals surface area contributed by atoms with Gasteiger partial charge in [0.25, 0.3) is 0 Å². The van der Waals surface area contributed by atoms with Gasteiger partial charge < -0.3 is 9.88 Å². The van der Waals surface area contributed by atoms with Crippen LogP contribution in [-0.4, -0.2) is 44.2 Å². The summed E-state index contributed by atoms with van der Waals surface area (Å²) in [7, 11) is 0. The van der Waals surface area contributed by atoms with Gasteiger partial charge in [0, 0.05) is 38.2 Å². The van der Waals surface area contributed by atoms with E-state index in [-0.39, 0.29) is 29.7 Å². The van der Waals surface area contributed by atoms with Crippen LogP contribution in [0, 0.1) is 5.92 Å². The van der Waals surface area contributed by atoms with E-state index < -0.39 is 0 Å². The van der Waals surface area contributed by atoms with Crippen molar-refractivity contribution >= 4 is 22.7 Å². The van der Waals surface area contributed by atoms with E-state index in [1.807, 2.05) is 24.3 Å². The van der Waals surface area contributed by atoms with Gasteiger partial charge in [0.2, 0.25) is 5.91 Å². The predicted molar refractivity (Wildman–Crippen MR) is 105 cm³/mol. The quantitative estimate of drug-likeness (QED) is 0.690. The number of benzene rings is 1. The zero-order chi connectivity index (χ0) is 19.5. The molecule has 144 valence electrons. The maximum Gasteiger partial charge on any atom is 0.326 e. The summed E-state index contributed by atoms with van der Waals surface area (Å²) in [5.74, 6) is -0.259. The number of Topliss-reactive ketones (excluding diaryl/α,β-unsaturated/α-hetero) is 1. The van der Waals surface area contributed by atoms with Gasteiger partial charge in [-0.3, -0.25) is 19.1 Å². The summed E-state index contributed by atoms with van der Waals surface area (Å²) in [6, 6.07) is 12.7. The zero-order valence-corrected chi connectivity index (χ0v) is 15.5. The Morgan fingerprint density at radius 1 is 1.14 bits per heavy atom. The molecule has 7 heteroatoms. The fourth-order valence-electron chi connectivity index (χ4n) is 3.83. The van der Waals surface area contributed by atoms with Gasteiger partial charge in [-0.25, -0.2) is 4.79 Å². The molecule has 1 atom stereocenters. The summed E-state index contributed by atoms with van der Waals surface area (Å²) in [6.07, 6.45) is 3.40. The van der Waals surface area contributed by atoms with Crippen molar-refractivity contribution < 1.29 is 9.59 Å². The SMILES string of the molecule is O=C(c1ccccn1)C1CCCN(C(=O)CCn2c(=O)[nH]c3ccccc32)C1. The molecule has 1 saturated heterocycles. The first-order valence-corrected chi connectivity index (χ1v) is 9.54. The minimum Gasteiger partial charge on any atom is -0.342 e. The van der Waals surface area contributed by atoms with Crippen LogP contribution in [0.15, 0.2) is 53.5 Å². The van der Waals surface area contributed by atoms with Gasteiger partial charge in [-0.05, 0) is 37.1 Å². The highest BCUT2D eigenvalue weighted by atomic mass is 16.2. The molecule has 0 aliphatic carbocycles. The van der Waals surface area contributed by atoms with Crippen molar-refractivity contribution in [3.63, 3.8) is 0 Å². The van der Waals surface area contributed by atoms with E-state index in [0.29, 0.717) is 25.3 Å². The number of carbonyl (C=O) groups excluding carboxylic acids is 2. The monoisotopic (exact) mass is 378 g/mol. The van der Waals surface area contributed by atoms with Gasteiger partial charge in [0.05, 0.1) is 11.0 Å². The summed E-state index contributed by atoms with van der Waals surface area (Å²) in [6.45, 7) is 1.38. The van der Waals surface area contributed by atoms with Crippen LogP contribution in [0.25, 0.3) is 11.0 Å². The van der Waals surface area contributed by atoms with Crippen LogP contribution in [0.3, 0.4) is 0 Å². The first-order valence-electron chi connectivity index (χ1n) is 9.54. The molecule has 1 unspecified atom stereocenters. The summed E-state index contributed by atoms with van der Waals surface area (Å²) in [4.78, 5) is 46.2. The van der Waals surface area contributed by atoms with Gasteiger partial charge in [-0.1, -0.05) is 18.2 Å². The molecule has 3 aromatic rings. The first-order chi connectivity index (χ1) is 13.6. The fraction of sp³-hybridized carbons (Fsp3) is 0.333. The van der Waals surface area contributed by atoms with E-state index in [1.54, 1.807) is 33.9 Å². The van der Waals surface area contributed by atoms with E-state index >= 15 is 0 Å². The van der Waals surface area contributed by atoms with Crippen molar-refractivity contribution in [3.05, 3.63) is 64.8 Å². The minimum atomic E-state index is -0.219. The maximum atomic E-state index is 12.7. The molecule has 1 aromatic carbocycles. The van der Waals surface area contributed by atoms with Crippen molar-refractivity contribution in [1.82, 2.24) is 19.4 Å². The Morgan fingerprint density at radius 2 is 1.96 bits per heavy atom. The minimum absolute atomic E-state index is 0.00838. The smallest absolute Gasteiger partial charge is 0.326 e. The first kappa shape index (κ1) is 18.2. The second-order valence-corrected chi connectivity index (χ2v) is 7.11. The molecule has 2 aromatic heterocycles. The second-order valence-electron chi connectivity index (χ2n) is 7.11. The third kappa shape index (κ3) is 3.60. The van der Waals surface area contributed by atoms with Crippen LogP contribution >= 0.6 is 0 Å². The van der Waals surface area contributed by atoms with Crippen molar-refractivity contribution in [1.29, 1.82) is 0 Å². The number of H-pyrrole nitrogens is 1. The van der Waals surface area contributed by atoms with Gasteiger partial charge in [0.1, 0.15) is 5.69 Å². The number of aromatic nitrogens is 3. The number of nitrogens with one attached hydrogen (secondary N) is 1. The number of aryl methyl sites for hydroxylation is 1. The summed E-state index contributed by atoms with van der Waals surface area (Å²) in [5, 5.41) is 0. The number of hydrogen-bond acceptors (Lipinski definition) is 4. The molecule has 28 heavy (non-hydrogen) atoms. The molecule has 4 rings (SSSR count). The molecule has 0 radical (unpaired) electrons. The van der Waals surface area contributed by atoms with Crippen molar-refractivity contribution in [2.75, 3.05) is 13.1 Å². The Morgan fingerprint density at radius 3 is 2.79 bits per heavy atom. The van der Waals surface area contributed by atoms with Crippen LogP contribution in [0.4, 0.5) is 0 Å². The molecule has 1 amide bonds. The number of piperidine rings is 1. The predicted octanol–water partition coefficient (Wildman–Crippen LogP) is 2.24. The van der Waals surface area contributed by atoms with Crippen molar-refractivity contribution in [2.24, 2.45) is 5.92 Å². The number of aromatic amines is 1. The lowest BCUT2D eigenvalue weighted by Gasteiger charge is -2.32. The molecule has 1 aliphatic heterocycles. The van der Waals surface area contributed by atoms with Gasteiger partial charge in [-0.15, -0.1) is 0 Å². The number of imidazole rings is 1. The molecule has 0 spiro atoms. The molecule has 0 bridgehead atoms. The topological polar surface area (TPSA) is 88.1 Å². The number of hydrogen-bond donors (Lipinski definition) is 1. The van der Waals surface area contributed by atoms with Gasteiger partial charge >= 0.3 is 5.69 Å². The molecule has 7 nitrogen and oxygen atoms in total. The standard InChI is InChI=1S/C21H22N4O3/c26-19(10-13-25-18-9-2-1-7-16(18)23-21(25)28)24-12-5-6-15(14-24)20(27)17-8-3-4-11-22-17/h1-4,7-9,11,15H,5-6,10,12-14H2,(H,23,28). The zero-order valence-electron chi connectivity index (χ0n) is 15.5. The van der Waals surface area contributed by atoms with E-state index in [9.17, 15) is 14.4 Å². The lowest BCUT2D eigenvalue weighted by Crippen LogP contribution is -2.42. The van der Waals surface area contributed by atoms with E-state index in [1.165, 1.54) is 0 Å². The van der Waals surface area contributed by atoms with Crippen molar-refractivity contribution in [3.8, 4) is 0 Å². The lowest BCUT2D eigenvalue weighted by atomic mass is 9.91. The molecule has 1 N–H and O–H groups in total. The number of ketones is 1. The Balaban J connectivity index is 1.41. The average Bonchev–Trinajstić information content (AvgIpc) is 3.07. The Bertz CT molecular complexity index is 1050. The number of para-hydroxylation sites is 2. The van der Waals surface area contributed by atoms with E-state index in [4.69, 9.17) is 0 Å². The van der Waals surface area contributed by atoms with Gasteiger partial charge in [0.15, 0.2) is 5.78 Å². The highest BCUT2D eigenvalue weighted by Crippen LogP contribution is 2.21. The third-order valence-corrected chi connectivity index (χ3v) is 5.29. The highest BCUT2D eigenvalue weighted by Gasteiger charge is 2.29. The number of rotatable bonds is 5. The molecular formula is C21H22N4O3. The van der Waals surface area contributed by atoms with Crippen LogP contribution in [0.2, 0.25) is 0 Å². The Kier molecular flexibility index (Phi) is 5.06. The summed E-state index contributed by atoms with van der Waals surface area (Å²) in [5.41, 5.74) is 1.80. The number of fused-ring (bicyclic) bond motifs is 1. The van der Waals surface area contributed by atoms with Gasteiger partial charge in [-0.2, -0.15) is 0 Å². The van der Waals surface area contributed by atoms with Crippen LogP contribution in [-0.2, 0) is 11.3 Å². The average molecular weight is 378 g/mol. The Hall–Kier alpha value is -3.22. The van der Waals surface area contributed by atoms with Crippen molar-refractivity contribution in [2.45, 2.75) is 25.8 Å². The molecule has 3 heterocycles. The number of pyridine rings is 1. The highest BCUT2D eigenvalue weighted by molar-refractivity contribution is 5.96. The molecule has 0 saturated carbocycles. The normalized spacial score (nSPS) is 17.0. The molecule has 1 aliphatic rings. The van der Waals surface area contributed by atoms with E-state index in [0.717, 1.165) is 23.9 Å². The van der Waals surface area contributed by atoms with E-state index in [2.05, 4.69) is 9.97 Å². The summed E-state index contributed by atoms with van der Waals surface area (Å²) < 4.78 is 1.59. The number of likely N-dealkylation sites (tertiary alicyclic amines) is 1. The number of amides is 1. The van der Waals surface area contributed by atoms with Crippen LogP contribution in [0.1, 0.15) is 29.8 Å².